The van der Waals surface area contributed by atoms with Crippen LogP contribution in [0.2, 0.25) is 0 Å². The van der Waals surface area contributed by atoms with E-state index < -0.39 is 22.0 Å². The van der Waals surface area contributed by atoms with E-state index in [1.54, 1.807) is 48.5 Å². The Kier molecular flexibility index (Phi) is 20.7. The number of carboxylic acids is 2. The lowest BCUT2D eigenvalue weighted by atomic mass is 10.0. The number of fused-ring (bicyclic) bond motifs is 3. The highest BCUT2D eigenvalue weighted by Crippen LogP contribution is 2.35. The number of carbonyl (C=O) groups is 4. The molecule has 1 aromatic heterocycles. The summed E-state index contributed by atoms with van der Waals surface area (Å²) in [6.45, 7) is 4.09. The van der Waals surface area contributed by atoms with Gasteiger partial charge in [-0.25, -0.2) is 22.0 Å². The fourth-order valence-corrected chi connectivity index (χ4v) is 9.39. The fourth-order valence-electron chi connectivity index (χ4n) is 6.84. The van der Waals surface area contributed by atoms with Gasteiger partial charge in [-0.3, -0.25) is 9.59 Å². The predicted octanol–water partition coefficient (Wildman–Crippen LogP) is 6.43. The van der Waals surface area contributed by atoms with Crippen molar-refractivity contribution in [3.63, 3.8) is 0 Å². The number of likely N-dealkylation sites (N-methyl/N-ethyl adjacent to an activating group) is 3. The largest absolute Gasteiger partial charge is 0.478 e. The molecule has 2 aliphatic rings. The lowest BCUT2D eigenvalue weighted by Crippen LogP contribution is -2.32. The molecular weight excluding hydrogens is 1070 g/mol. The van der Waals surface area contributed by atoms with Crippen LogP contribution in [0.25, 0.3) is 22.0 Å². The summed E-state index contributed by atoms with van der Waals surface area (Å²) in [5, 5.41) is 24.4. The first kappa shape index (κ1) is 54.6. The summed E-state index contributed by atoms with van der Waals surface area (Å²) in [4.78, 5) is 53.3. The lowest BCUT2D eigenvalue weighted by molar-refractivity contribution is -0.133. The summed E-state index contributed by atoms with van der Waals surface area (Å²) < 4.78 is 30.0. The van der Waals surface area contributed by atoms with E-state index >= 15 is 0 Å². The quantitative estimate of drug-likeness (QED) is 0.0816. The van der Waals surface area contributed by atoms with Crippen molar-refractivity contribution < 1.29 is 37.8 Å². The van der Waals surface area contributed by atoms with Crippen LogP contribution < -0.4 is 16.4 Å². The minimum absolute atomic E-state index is 0.158. The predicted molar refractivity (Wildman–Crippen MR) is 275 cm³/mol. The lowest BCUT2D eigenvalue weighted by Gasteiger charge is -2.12. The number of carboxylic acid groups (broad SMARTS) is 2. The first-order chi connectivity index (χ1) is 31.7. The molecule has 67 heavy (non-hydrogen) atoms. The first-order valence-electron chi connectivity index (χ1n) is 21.0. The van der Waals surface area contributed by atoms with Crippen LogP contribution in [0.1, 0.15) is 32.6 Å². The smallest absolute Gasteiger partial charge is 0.335 e. The second kappa shape index (κ2) is 25.4. The van der Waals surface area contributed by atoms with Gasteiger partial charge in [0, 0.05) is 70.7 Å². The Bertz CT molecular complexity index is 2760. The monoisotopic (exact) mass is 1130 g/mol. The van der Waals surface area contributed by atoms with Gasteiger partial charge in [-0.2, -0.15) is 0 Å². The van der Waals surface area contributed by atoms with Gasteiger partial charge in [0.25, 0.3) is 21.8 Å². The molecule has 0 aliphatic heterocycles. The number of aliphatic carboxylic acids is 2. The summed E-state index contributed by atoms with van der Waals surface area (Å²) in [6.07, 6.45) is 4.14. The van der Waals surface area contributed by atoms with Crippen LogP contribution in [0.4, 0.5) is 0 Å². The summed E-state index contributed by atoms with van der Waals surface area (Å²) in [6, 6.07) is 24.5. The highest BCUT2D eigenvalue weighted by molar-refractivity contribution is 9.11. The van der Waals surface area contributed by atoms with Crippen LogP contribution in [0.15, 0.2) is 121 Å². The topological polar surface area (TPSA) is 208 Å². The molecule has 2 amide bonds. The molecule has 0 fully saturated rings. The van der Waals surface area contributed by atoms with Gasteiger partial charge in [-0.05, 0) is 119 Å². The molecule has 0 radical (unpaired) electrons. The zero-order valence-electron chi connectivity index (χ0n) is 38.1. The van der Waals surface area contributed by atoms with Gasteiger partial charge in [0.1, 0.15) is 0 Å². The second-order valence-electron chi connectivity index (χ2n) is 16.1. The van der Waals surface area contributed by atoms with Crippen molar-refractivity contribution in [3.05, 3.63) is 144 Å². The summed E-state index contributed by atoms with van der Waals surface area (Å²) in [5.74, 6) is -2.51. The van der Waals surface area contributed by atoms with Gasteiger partial charge < -0.3 is 41.3 Å². The van der Waals surface area contributed by atoms with Crippen molar-refractivity contribution in [1.29, 1.82) is 0 Å². The Morgan fingerprint density at radius 1 is 0.687 bits per heavy atom. The zero-order chi connectivity index (χ0) is 49.6. The normalized spacial score (nSPS) is 12.6. The third-order valence-electron chi connectivity index (χ3n) is 10.1. The van der Waals surface area contributed by atoms with Crippen LogP contribution in [-0.4, -0.2) is 143 Å². The van der Waals surface area contributed by atoms with Crippen molar-refractivity contribution in [1.82, 2.24) is 29.3 Å². The molecule has 0 spiro atoms. The molecule has 0 atom stereocenters. The molecular formula is C48H56Br3N7O8S. The van der Waals surface area contributed by atoms with Gasteiger partial charge >= 0.3 is 11.9 Å². The highest BCUT2D eigenvalue weighted by Gasteiger charge is 2.30. The number of benzene rings is 4. The number of rotatable bonds is 14. The van der Waals surface area contributed by atoms with Crippen LogP contribution >= 0.6 is 47.8 Å². The molecule has 0 saturated carbocycles. The minimum atomic E-state index is -3.82. The average Bonchev–Trinajstić information content (AvgIpc) is 3.98. The first-order valence-corrected chi connectivity index (χ1v) is 24.8. The van der Waals surface area contributed by atoms with E-state index in [1.807, 2.05) is 82.4 Å². The number of carbonyl (C=O) groups excluding carboxylic acids is 2. The van der Waals surface area contributed by atoms with Crippen LogP contribution in [0, 0.1) is 0 Å². The number of nitrogens with one attached hydrogen (secondary N) is 2. The maximum atomic E-state index is 13.1. The van der Waals surface area contributed by atoms with E-state index in [9.17, 15) is 32.7 Å². The van der Waals surface area contributed by atoms with E-state index in [-0.39, 0.29) is 34.3 Å². The number of amides is 2. The maximum absolute atomic E-state index is 13.1. The molecule has 5 aromatic rings. The molecule has 15 nitrogen and oxygen atoms in total. The van der Waals surface area contributed by atoms with Crippen LogP contribution in [0.5, 0.6) is 0 Å². The van der Waals surface area contributed by atoms with Gasteiger partial charge in [0.15, 0.2) is 0 Å². The Morgan fingerprint density at radius 2 is 1.22 bits per heavy atom. The SMILES string of the molecule is CN(C)CCN.CN(C)CCNC(=O)C1=C(C(=O)O)Cc2cc(Br)ccc21.CN(C)CCNC(=O)c1cn(S(=O)(=O)c2ccccc2)c2cc(Br)ccc12.O=C(O)C1=CCc2cc(Br)ccc21. The van der Waals surface area contributed by atoms with Gasteiger partial charge in [0.2, 0.25) is 0 Å². The summed E-state index contributed by atoms with van der Waals surface area (Å²) >= 11 is 10.1. The molecule has 0 bridgehead atoms. The number of hydrogen-bond donors (Lipinski definition) is 5. The zero-order valence-corrected chi connectivity index (χ0v) is 43.7. The number of nitrogens with two attached hydrogens (primary N) is 1. The Morgan fingerprint density at radius 3 is 1.76 bits per heavy atom. The van der Waals surface area contributed by atoms with Crippen LogP contribution in [-0.2, 0) is 37.2 Å². The number of hydrogen-bond acceptors (Lipinski definition) is 10. The van der Waals surface area contributed by atoms with E-state index in [0.29, 0.717) is 53.8 Å². The van der Waals surface area contributed by atoms with Gasteiger partial charge in [0.05, 0.1) is 32.7 Å². The molecule has 7 rings (SSSR count). The van der Waals surface area contributed by atoms with Gasteiger partial charge in [-0.15, -0.1) is 0 Å². The van der Waals surface area contributed by atoms with Crippen molar-refractivity contribution in [2.24, 2.45) is 5.73 Å². The molecule has 6 N–H and O–H groups in total. The number of allylic oxidation sites excluding steroid dienone is 1. The summed E-state index contributed by atoms with van der Waals surface area (Å²) in [7, 11) is 7.86. The molecule has 358 valence electrons. The fraction of sp³-hybridized carbons (Fsp3) is 0.292. The number of halogens is 3. The van der Waals surface area contributed by atoms with Crippen molar-refractivity contribution in [2.75, 3.05) is 81.6 Å². The molecule has 0 unspecified atom stereocenters. The summed E-state index contributed by atoms with van der Waals surface area (Å²) in [5.41, 5.74) is 10.3. The number of nitrogens with zero attached hydrogens (tertiary/aromatic N) is 4. The van der Waals surface area contributed by atoms with Crippen LogP contribution in [0.3, 0.4) is 0 Å². The molecule has 1 heterocycles. The maximum Gasteiger partial charge on any atom is 0.335 e. The van der Waals surface area contributed by atoms with Crippen molar-refractivity contribution >= 4 is 104 Å². The Labute approximate surface area is 417 Å². The standard InChI is InChI=1S/C19H20BrN3O3S.C15H17BrN2O3.C10H7BrO2.C4H12N2/c1-22(2)11-10-21-19(24)17-13-23(18-12-14(20)8-9-16(17)18)27(25,26)15-6-4-3-5-7-15;1-18(2)6-5-17-14(19)13-11-4-3-10(16)7-9(11)8-12(13)15(20)21;11-7-2-4-8-6(5-7)1-3-9(8)10(12)13;1-6(2)4-3-5/h3-9,12-13H,10-11H2,1-2H3,(H,21,24);3-4,7H,5-6,8H2,1-2H3,(H,17,19)(H,20,21);2-5H,1H2,(H,12,13);3-5H2,1-2H3. The van der Waals surface area contributed by atoms with Crippen molar-refractivity contribution in [3.8, 4) is 0 Å². The van der Waals surface area contributed by atoms with E-state index in [0.717, 1.165) is 49.6 Å². The van der Waals surface area contributed by atoms with Crippen molar-refractivity contribution in [2.45, 2.75) is 17.7 Å². The van der Waals surface area contributed by atoms with E-state index in [4.69, 9.17) is 10.8 Å². The minimum Gasteiger partial charge on any atom is -0.478 e. The third-order valence-corrected chi connectivity index (χ3v) is 13.3. The average molecular weight is 1130 g/mol. The Balaban J connectivity index is 0.000000216. The van der Waals surface area contributed by atoms with E-state index in [2.05, 4.69) is 63.3 Å². The van der Waals surface area contributed by atoms with Gasteiger partial charge in [-0.1, -0.05) is 90.3 Å². The molecule has 19 heteroatoms. The molecule has 0 saturated heterocycles. The second-order valence-corrected chi connectivity index (χ2v) is 20.7. The third kappa shape index (κ3) is 15.3. The molecule has 4 aromatic carbocycles. The molecule has 2 aliphatic carbocycles. The number of aromatic nitrogens is 1. The van der Waals surface area contributed by atoms with E-state index in [1.165, 1.54) is 22.3 Å². The highest BCUT2D eigenvalue weighted by atomic mass is 79.9. The Hall–Kier alpha value is -4.99.